The molecule has 1 aromatic rings. The number of hydrogen-bond acceptors (Lipinski definition) is 0. The summed E-state index contributed by atoms with van der Waals surface area (Å²) in [5.41, 5.74) is 1.21. The molecule has 1 aromatic carbocycles. The van der Waals surface area contributed by atoms with Gasteiger partial charge in [-0.1, -0.05) is 104 Å². The molecule has 0 N–H and O–H groups in total. The molecule has 0 aliphatic rings. The van der Waals surface area contributed by atoms with Crippen molar-refractivity contribution >= 4 is 6.08 Å². The maximum atomic E-state index is 3.60. The molecule has 18 heavy (non-hydrogen) atoms. The molecule has 90 valence electrons. The van der Waals surface area contributed by atoms with Gasteiger partial charge in [-0.15, -0.1) is 0 Å². The summed E-state index contributed by atoms with van der Waals surface area (Å²) in [6, 6.07) is 10.2. The van der Waals surface area contributed by atoms with Gasteiger partial charge in [-0.25, -0.2) is 0 Å². The third kappa shape index (κ3) is 7.02. The lowest BCUT2D eigenvalue weighted by Gasteiger charge is -1.87. The first-order valence-corrected chi connectivity index (χ1v) is 5.94. The van der Waals surface area contributed by atoms with Crippen molar-refractivity contribution in [1.82, 2.24) is 0 Å². The predicted molar refractivity (Wildman–Crippen MR) is 82.2 cm³/mol. The van der Waals surface area contributed by atoms with Gasteiger partial charge in [-0.3, -0.25) is 0 Å². The van der Waals surface area contributed by atoms with E-state index in [-0.39, 0.29) is 0 Å². The van der Waals surface area contributed by atoms with Crippen LogP contribution in [0.2, 0.25) is 0 Å². The molecule has 0 heterocycles. The Bertz CT molecular complexity index is 468. The lowest BCUT2D eigenvalue weighted by molar-refractivity contribution is 1.66. The third-order valence-corrected chi connectivity index (χ3v) is 2.11. The summed E-state index contributed by atoms with van der Waals surface area (Å²) in [7, 11) is 0. The lowest BCUT2D eigenvalue weighted by atomic mass is 10.2. The zero-order valence-corrected chi connectivity index (χ0v) is 10.4. The van der Waals surface area contributed by atoms with E-state index in [1.807, 2.05) is 72.9 Å². The van der Waals surface area contributed by atoms with Gasteiger partial charge in [0, 0.05) is 0 Å². The summed E-state index contributed by atoms with van der Waals surface area (Å²) in [5, 5.41) is 0. The predicted octanol–water partition coefficient (Wildman–Crippen LogP) is 5.11. The van der Waals surface area contributed by atoms with Crippen LogP contribution in [0.4, 0.5) is 0 Å². The molecule has 0 bridgehead atoms. The minimum absolute atomic E-state index is 1.21. The first-order valence-electron chi connectivity index (χ1n) is 5.94. The SMILES string of the molecule is C=CC=CC=CC=CC=CC=Cc1ccccc1. The Hall–Kier alpha value is -2.34. The van der Waals surface area contributed by atoms with Crippen molar-refractivity contribution < 1.29 is 0 Å². The molecule has 0 amide bonds. The molecule has 0 heteroatoms. The molecule has 0 nitrogen and oxygen atoms in total. The van der Waals surface area contributed by atoms with Gasteiger partial charge < -0.3 is 0 Å². The van der Waals surface area contributed by atoms with Gasteiger partial charge >= 0.3 is 0 Å². The van der Waals surface area contributed by atoms with Crippen LogP contribution in [-0.2, 0) is 0 Å². The standard InChI is InChI=1S/C18H18/c1-2-3-4-5-6-7-8-9-10-12-15-18-16-13-11-14-17-18/h2-17H,1H2. The number of hydrogen-bond donors (Lipinski definition) is 0. The average molecular weight is 234 g/mol. The second-order valence-electron chi connectivity index (χ2n) is 3.55. The van der Waals surface area contributed by atoms with Gasteiger partial charge in [0.15, 0.2) is 0 Å². The van der Waals surface area contributed by atoms with Crippen LogP contribution in [0.25, 0.3) is 6.08 Å². The van der Waals surface area contributed by atoms with Crippen LogP contribution in [0.5, 0.6) is 0 Å². The molecular formula is C18H18. The van der Waals surface area contributed by atoms with Crippen LogP contribution < -0.4 is 0 Å². The van der Waals surface area contributed by atoms with Crippen LogP contribution in [0.1, 0.15) is 5.56 Å². The van der Waals surface area contributed by atoms with Crippen molar-refractivity contribution in [3.8, 4) is 0 Å². The fourth-order valence-corrected chi connectivity index (χ4v) is 1.26. The molecule has 0 atom stereocenters. The first kappa shape index (κ1) is 13.7. The summed E-state index contributed by atoms with van der Waals surface area (Å²) < 4.78 is 0. The molecule has 0 saturated heterocycles. The Morgan fingerprint density at radius 3 is 1.67 bits per heavy atom. The Morgan fingerprint density at radius 1 is 0.611 bits per heavy atom. The van der Waals surface area contributed by atoms with E-state index in [1.54, 1.807) is 6.08 Å². The molecule has 1 rings (SSSR count). The molecule has 0 aliphatic carbocycles. The Kier molecular flexibility index (Phi) is 7.51. The molecule has 0 aromatic heterocycles. The fraction of sp³-hybridized carbons (Fsp3) is 0. The molecular weight excluding hydrogens is 216 g/mol. The smallest absolute Gasteiger partial charge is 0.0257 e. The summed E-state index contributed by atoms with van der Waals surface area (Å²) in [4.78, 5) is 0. The van der Waals surface area contributed by atoms with Crippen LogP contribution in [-0.4, -0.2) is 0 Å². The minimum Gasteiger partial charge on any atom is -0.0991 e. The van der Waals surface area contributed by atoms with E-state index >= 15 is 0 Å². The quantitative estimate of drug-likeness (QED) is 0.600. The average Bonchev–Trinajstić information content (AvgIpc) is 2.42. The Balaban J connectivity index is 2.31. The molecule has 0 spiro atoms. The van der Waals surface area contributed by atoms with Crippen LogP contribution >= 0.6 is 0 Å². The van der Waals surface area contributed by atoms with E-state index in [4.69, 9.17) is 0 Å². The molecule has 0 saturated carbocycles. The van der Waals surface area contributed by atoms with Gasteiger partial charge in [-0.2, -0.15) is 0 Å². The number of rotatable bonds is 6. The second-order valence-corrected chi connectivity index (χ2v) is 3.55. The second kappa shape index (κ2) is 9.86. The summed E-state index contributed by atoms with van der Waals surface area (Å²) in [6.07, 6.45) is 21.6. The van der Waals surface area contributed by atoms with Crippen molar-refractivity contribution in [3.63, 3.8) is 0 Å². The van der Waals surface area contributed by atoms with E-state index in [1.165, 1.54) is 5.56 Å². The van der Waals surface area contributed by atoms with Crippen molar-refractivity contribution in [1.29, 1.82) is 0 Å². The van der Waals surface area contributed by atoms with E-state index in [0.29, 0.717) is 0 Å². The number of benzene rings is 1. The topological polar surface area (TPSA) is 0 Å². The first-order chi connectivity index (χ1) is 8.93. The highest BCUT2D eigenvalue weighted by Crippen LogP contribution is 2.00. The van der Waals surface area contributed by atoms with E-state index in [0.717, 1.165) is 0 Å². The highest BCUT2D eigenvalue weighted by Gasteiger charge is 1.78. The highest BCUT2D eigenvalue weighted by atomic mass is 13.8. The van der Waals surface area contributed by atoms with Crippen molar-refractivity contribution in [2.45, 2.75) is 0 Å². The van der Waals surface area contributed by atoms with Crippen LogP contribution in [0.3, 0.4) is 0 Å². The molecule has 0 fully saturated rings. The van der Waals surface area contributed by atoms with Gasteiger partial charge in [0.25, 0.3) is 0 Å². The molecule has 0 radical (unpaired) electrons. The number of allylic oxidation sites excluding steroid dienone is 10. The maximum Gasteiger partial charge on any atom is -0.0257 e. The Morgan fingerprint density at radius 2 is 1.11 bits per heavy atom. The molecule has 0 unspecified atom stereocenters. The Labute approximate surface area is 110 Å². The van der Waals surface area contributed by atoms with E-state index in [9.17, 15) is 0 Å². The van der Waals surface area contributed by atoms with E-state index < -0.39 is 0 Å². The van der Waals surface area contributed by atoms with Crippen LogP contribution in [0.15, 0.2) is 97.7 Å². The zero-order valence-electron chi connectivity index (χ0n) is 10.4. The lowest BCUT2D eigenvalue weighted by Crippen LogP contribution is -1.66. The highest BCUT2D eigenvalue weighted by molar-refractivity contribution is 5.50. The third-order valence-electron chi connectivity index (χ3n) is 2.11. The summed E-state index contributed by atoms with van der Waals surface area (Å²) in [5.74, 6) is 0. The van der Waals surface area contributed by atoms with E-state index in [2.05, 4.69) is 24.8 Å². The van der Waals surface area contributed by atoms with Gasteiger partial charge in [0.2, 0.25) is 0 Å². The van der Waals surface area contributed by atoms with Gasteiger partial charge in [0.05, 0.1) is 0 Å². The molecule has 0 aliphatic heterocycles. The minimum atomic E-state index is 1.21. The largest absolute Gasteiger partial charge is 0.0991 e. The zero-order chi connectivity index (χ0) is 12.9. The normalized spacial score (nSPS) is 12.7. The summed E-state index contributed by atoms with van der Waals surface area (Å²) in [6.45, 7) is 3.60. The maximum absolute atomic E-state index is 3.60. The van der Waals surface area contributed by atoms with Crippen LogP contribution in [0, 0.1) is 0 Å². The monoisotopic (exact) mass is 234 g/mol. The summed E-state index contributed by atoms with van der Waals surface area (Å²) >= 11 is 0. The van der Waals surface area contributed by atoms with Crippen molar-refractivity contribution in [2.75, 3.05) is 0 Å². The van der Waals surface area contributed by atoms with Crippen molar-refractivity contribution in [2.24, 2.45) is 0 Å². The van der Waals surface area contributed by atoms with Gasteiger partial charge in [0.1, 0.15) is 0 Å². The van der Waals surface area contributed by atoms with Crippen molar-refractivity contribution in [3.05, 3.63) is 103 Å². The van der Waals surface area contributed by atoms with Gasteiger partial charge in [-0.05, 0) is 5.56 Å². The fourth-order valence-electron chi connectivity index (χ4n) is 1.26.